The zero-order chi connectivity index (χ0) is 13.5. The number of hydrogen-bond donors (Lipinski definition) is 2. The number of fused-ring (bicyclic) bond motifs is 3. The van der Waals surface area contributed by atoms with Crippen molar-refractivity contribution in [1.82, 2.24) is 19.5 Å². The Labute approximate surface area is 113 Å². The number of aromatic nitrogens is 4. The Morgan fingerprint density at radius 3 is 2.85 bits per heavy atom. The van der Waals surface area contributed by atoms with Gasteiger partial charge in [-0.25, -0.2) is 9.78 Å². The summed E-state index contributed by atoms with van der Waals surface area (Å²) < 4.78 is 1.75. The van der Waals surface area contributed by atoms with Gasteiger partial charge >= 0.3 is 5.69 Å². The van der Waals surface area contributed by atoms with E-state index in [1.807, 2.05) is 42.6 Å². The molecule has 0 saturated carbocycles. The van der Waals surface area contributed by atoms with E-state index in [1.54, 1.807) is 10.8 Å². The Balaban J connectivity index is 2.00. The largest absolute Gasteiger partial charge is 0.346 e. The van der Waals surface area contributed by atoms with Gasteiger partial charge in [0.25, 0.3) is 0 Å². The van der Waals surface area contributed by atoms with Gasteiger partial charge in [-0.3, -0.25) is 4.57 Å². The van der Waals surface area contributed by atoms with Gasteiger partial charge in [0.2, 0.25) is 0 Å². The molecule has 0 saturated heterocycles. The number of hydrogen-bond acceptors (Lipinski definition) is 2. The molecule has 5 heteroatoms. The molecule has 1 aromatic carbocycles. The summed E-state index contributed by atoms with van der Waals surface area (Å²) in [5.41, 5.74) is 3.43. The molecule has 4 aromatic rings. The normalized spacial score (nSPS) is 11.4. The highest BCUT2D eigenvalue weighted by atomic mass is 16.1. The van der Waals surface area contributed by atoms with E-state index in [0.717, 1.165) is 27.6 Å². The minimum atomic E-state index is -0.112. The summed E-state index contributed by atoms with van der Waals surface area (Å²) in [5, 5.41) is 0.955. The lowest BCUT2D eigenvalue weighted by atomic mass is 10.2. The number of nitrogens with zero attached hydrogens (tertiary/aromatic N) is 2. The molecule has 98 valence electrons. The fourth-order valence-corrected chi connectivity index (χ4v) is 2.58. The van der Waals surface area contributed by atoms with Crippen LogP contribution in [0.3, 0.4) is 0 Å². The molecule has 0 bridgehead atoms. The van der Waals surface area contributed by atoms with Crippen molar-refractivity contribution in [2.24, 2.45) is 0 Å². The first-order chi connectivity index (χ1) is 9.83. The maximum atomic E-state index is 12.2. The van der Waals surface area contributed by atoms with Gasteiger partial charge in [0.05, 0.1) is 23.8 Å². The standard InChI is InChI=1S/C15H12N4O/c20-15-18-12-8-17-14-11(6-7-16-14)13(12)19(15)9-10-4-2-1-3-5-10/h1-8H,9H2,(H,16,17)(H,18,20). The van der Waals surface area contributed by atoms with Gasteiger partial charge in [0, 0.05) is 11.6 Å². The van der Waals surface area contributed by atoms with Crippen LogP contribution in [0, 0.1) is 0 Å². The van der Waals surface area contributed by atoms with Crippen LogP contribution in [0.1, 0.15) is 5.56 Å². The van der Waals surface area contributed by atoms with E-state index >= 15 is 0 Å². The highest BCUT2D eigenvalue weighted by Gasteiger charge is 2.11. The Hall–Kier alpha value is -2.82. The van der Waals surface area contributed by atoms with E-state index in [0.29, 0.717) is 6.54 Å². The molecule has 3 heterocycles. The molecule has 0 fully saturated rings. The predicted molar refractivity (Wildman–Crippen MR) is 77.8 cm³/mol. The van der Waals surface area contributed by atoms with Crippen LogP contribution in [-0.2, 0) is 6.54 Å². The first kappa shape index (κ1) is 11.0. The van der Waals surface area contributed by atoms with Crippen molar-refractivity contribution < 1.29 is 0 Å². The van der Waals surface area contributed by atoms with E-state index in [4.69, 9.17) is 0 Å². The number of pyridine rings is 1. The topological polar surface area (TPSA) is 66.5 Å². The number of rotatable bonds is 2. The van der Waals surface area contributed by atoms with Crippen molar-refractivity contribution in [2.75, 3.05) is 0 Å². The number of aromatic amines is 2. The first-order valence-corrected chi connectivity index (χ1v) is 6.41. The van der Waals surface area contributed by atoms with Gasteiger partial charge in [-0.1, -0.05) is 30.3 Å². The summed E-state index contributed by atoms with van der Waals surface area (Å²) >= 11 is 0. The third kappa shape index (κ3) is 1.56. The zero-order valence-electron chi connectivity index (χ0n) is 10.6. The van der Waals surface area contributed by atoms with Crippen LogP contribution in [0.25, 0.3) is 22.1 Å². The second-order valence-corrected chi connectivity index (χ2v) is 4.76. The van der Waals surface area contributed by atoms with Crippen molar-refractivity contribution in [2.45, 2.75) is 6.54 Å². The second kappa shape index (κ2) is 4.09. The van der Waals surface area contributed by atoms with Gasteiger partial charge in [-0.15, -0.1) is 0 Å². The van der Waals surface area contributed by atoms with Crippen molar-refractivity contribution in [3.63, 3.8) is 0 Å². The summed E-state index contributed by atoms with van der Waals surface area (Å²) in [4.78, 5) is 22.4. The quantitative estimate of drug-likeness (QED) is 0.583. The van der Waals surface area contributed by atoms with Crippen LogP contribution in [0.2, 0.25) is 0 Å². The average Bonchev–Trinajstić information content (AvgIpc) is 3.05. The molecule has 2 N–H and O–H groups in total. The third-order valence-electron chi connectivity index (χ3n) is 3.50. The molecular formula is C15H12N4O. The molecule has 0 aliphatic carbocycles. The molecule has 0 aliphatic rings. The Bertz CT molecular complexity index is 946. The number of nitrogens with one attached hydrogen (secondary N) is 2. The van der Waals surface area contributed by atoms with Crippen LogP contribution < -0.4 is 5.69 Å². The molecule has 0 radical (unpaired) electrons. The molecule has 4 rings (SSSR count). The van der Waals surface area contributed by atoms with Gasteiger partial charge < -0.3 is 9.97 Å². The van der Waals surface area contributed by atoms with Crippen molar-refractivity contribution >= 4 is 22.1 Å². The molecule has 0 unspecified atom stereocenters. The SMILES string of the molecule is O=c1[nH]c2cnc3[nH]ccc3c2n1Cc1ccccc1. The maximum Gasteiger partial charge on any atom is 0.326 e. The minimum absolute atomic E-state index is 0.112. The lowest BCUT2D eigenvalue weighted by Gasteiger charge is -2.04. The molecule has 3 aromatic heterocycles. The van der Waals surface area contributed by atoms with E-state index in [9.17, 15) is 4.79 Å². The molecular weight excluding hydrogens is 252 g/mol. The van der Waals surface area contributed by atoms with Gasteiger partial charge in [-0.05, 0) is 11.6 Å². The van der Waals surface area contributed by atoms with E-state index in [1.165, 1.54) is 0 Å². The number of benzene rings is 1. The highest BCUT2D eigenvalue weighted by Crippen LogP contribution is 2.21. The third-order valence-corrected chi connectivity index (χ3v) is 3.50. The maximum absolute atomic E-state index is 12.2. The Morgan fingerprint density at radius 2 is 2.00 bits per heavy atom. The smallest absolute Gasteiger partial charge is 0.326 e. The average molecular weight is 264 g/mol. The van der Waals surface area contributed by atoms with Crippen LogP contribution in [0.4, 0.5) is 0 Å². The summed E-state index contributed by atoms with van der Waals surface area (Å²) in [6, 6.07) is 11.9. The van der Waals surface area contributed by atoms with Gasteiger partial charge in [-0.2, -0.15) is 0 Å². The van der Waals surface area contributed by atoms with Crippen LogP contribution in [0.5, 0.6) is 0 Å². The fourth-order valence-electron chi connectivity index (χ4n) is 2.58. The minimum Gasteiger partial charge on any atom is -0.346 e. The summed E-state index contributed by atoms with van der Waals surface area (Å²) in [6.45, 7) is 0.546. The molecule has 0 atom stereocenters. The fraction of sp³-hybridized carbons (Fsp3) is 0.0667. The van der Waals surface area contributed by atoms with E-state index in [-0.39, 0.29) is 5.69 Å². The first-order valence-electron chi connectivity index (χ1n) is 6.41. The second-order valence-electron chi connectivity index (χ2n) is 4.76. The monoisotopic (exact) mass is 264 g/mol. The molecule has 0 amide bonds. The van der Waals surface area contributed by atoms with E-state index < -0.39 is 0 Å². The van der Waals surface area contributed by atoms with Crippen LogP contribution >= 0.6 is 0 Å². The molecule has 20 heavy (non-hydrogen) atoms. The predicted octanol–water partition coefficient (Wildman–Crippen LogP) is 2.25. The summed E-state index contributed by atoms with van der Waals surface area (Å²) in [5.74, 6) is 0. The van der Waals surface area contributed by atoms with Crippen molar-refractivity contribution in [1.29, 1.82) is 0 Å². The Morgan fingerprint density at radius 1 is 1.15 bits per heavy atom. The summed E-state index contributed by atoms with van der Waals surface area (Å²) in [6.07, 6.45) is 3.53. The lowest BCUT2D eigenvalue weighted by Crippen LogP contribution is -2.17. The van der Waals surface area contributed by atoms with Gasteiger partial charge in [0.15, 0.2) is 0 Å². The highest BCUT2D eigenvalue weighted by molar-refractivity contribution is 6.00. The number of H-pyrrole nitrogens is 2. The lowest BCUT2D eigenvalue weighted by molar-refractivity contribution is 0.789. The van der Waals surface area contributed by atoms with Crippen molar-refractivity contribution in [3.05, 3.63) is 64.8 Å². The number of imidazole rings is 1. The zero-order valence-corrected chi connectivity index (χ0v) is 10.6. The van der Waals surface area contributed by atoms with Crippen LogP contribution in [-0.4, -0.2) is 19.5 Å². The molecule has 0 spiro atoms. The molecule has 0 aliphatic heterocycles. The van der Waals surface area contributed by atoms with Crippen molar-refractivity contribution in [3.8, 4) is 0 Å². The van der Waals surface area contributed by atoms with Gasteiger partial charge in [0.1, 0.15) is 5.65 Å². The summed E-state index contributed by atoms with van der Waals surface area (Å²) in [7, 11) is 0. The Kier molecular flexibility index (Phi) is 2.26. The van der Waals surface area contributed by atoms with E-state index in [2.05, 4.69) is 15.0 Å². The van der Waals surface area contributed by atoms with Crippen LogP contribution in [0.15, 0.2) is 53.6 Å². The molecule has 5 nitrogen and oxygen atoms in total.